The van der Waals surface area contributed by atoms with E-state index in [1.165, 1.54) is 18.0 Å². The maximum Gasteiger partial charge on any atom is 0.277 e. The molecule has 1 amide bonds. The van der Waals surface area contributed by atoms with Gasteiger partial charge >= 0.3 is 0 Å². The smallest absolute Gasteiger partial charge is 0.277 e. The van der Waals surface area contributed by atoms with Crippen LogP contribution in [0.2, 0.25) is 0 Å². The number of aromatic nitrogens is 3. The zero-order valence-corrected chi connectivity index (χ0v) is 13.8. The van der Waals surface area contributed by atoms with Crippen LogP contribution in [0.15, 0.2) is 36.9 Å². The number of rotatable bonds is 4. The average Bonchev–Trinajstić information content (AvgIpc) is 3.07. The Morgan fingerprint density at radius 2 is 2.04 bits per heavy atom. The van der Waals surface area contributed by atoms with Gasteiger partial charge in [-0.1, -0.05) is 6.07 Å². The number of carbonyl (C=O) groups is 1. The van der Waals surface area contributed by atoms with E-state index in [0.717, 1.165) is 39.1 Å². The van der Waals surface area contributed by atoms with Crippen molar-refractivity contribution in [2.75, 3.05) is 31.1 Å². The Morgan fingerprint density at radius 1 is 1.24 bits per heavy atom. The number of hydrogen-bond donors (Lipinski definition) is 2. The summed E-state index contributed by atoms with van der Waals surface area (Å²) >= 11 is 0. The molecule has 2 aliphatic heterocycles. The van der Waals surface area contributed by atoms with Gasteiger partial charge in [0, 0.05) is 62.9 Å². The van der Waals surface area contributed by atoms with E-state index in [4.69, 9.17) is 5.21 Å². The zero-order chi connectivity index (χ0) is 17.3. The van der Waals surface area contributed by atoms with Crippen molar-refractivity contribution >= 4 is 11.9 Å². The van der Waals surface area contributed by atoms with Crippen LogP contribution in [0.1, 0.15) is 22.3 Å². The summed E-state index contributed by atoms with van der Waals surface area (Å²) in [6.45, 7) is 4.94. The van der Waals surface area contributed by atoms with E-state index < -0.39 is 5.91 Å². The number of nitrogens with zero attached hydrogens (tertiary/aromatic N) is 5. The molecule has 2 saturated heterocycles. The van der Waals surface area contributed by atoms with Gasteiger partial charge in [-0.2, -0.15) is 0 Å². The van der Waals surface area contributed by atoms with Crippen molar-refractivity contribution in [3.63, 3.8) is 0 Å². The van der Waals surface area contributed by atoms with E-state index in [0.29, 0.717) is 11.4 Å². The normalized spacial score (nSPS) is 19.0. The first-order chi connectivity index (χ1) is 12.2. The van der Waals surface area contributed by atoms with Gasteiger partial charge in [0.1, 0.15) is 0 Å². The number of carbonyl (C=O) groups excluding carboxylic acids is 1. The predicted molar refractivity (Wildman–Crippen MR) is 90.1 cm³/mol. The number of pyridine rings is 1. The molecule has 0 radical (unpaired) electrons. The number of anilines is 1. The van der Waals surface area contributed by atoms with Crippen molar-refractivity contribution in [3.8, 4) is 0 Å². The van der Waals surface area contributed by atoms with Crippen LogP contribution in [0.25, 0.3) is 0 Å². The largest absolute Gasteiger partial charge is 0.340 e. The molecule has 0 aromatic carbocycles. The minimum atomic E-state index is -0.602. The Kier molecular flexibility index (Phi) is 4.06. The molecule has 1 spiro atoms. The van der Waals surface area contributed by atoms with Crippen LogP contribution in [0, 0.1) is 5.41 Å². The highest BCUT2D eigenvalue weighted by Crippen LogP contribution is 2.40. The lowest BCUT2D eigenvalue weighted by atomic mass is 9.79. The summed E-state index contributed by atoms with van der Waals surface area (Å²) < 4.78 is 0. The van der Waals surface area contributed by atoms with Gasteiger partial charge in [0.05, 0.1) is 5.56 Å². The fraction of sp³-hybridized carbons (Fsp3) is 0.412. The Labute approximate surface area is 145 Å². The lowest BCUT2D eigenvalue weighted by Gasteiger charge is -2.48. The highest BCUT2D eigenvalue weighted by atomic mass is 16.5. The van der Waals surface area contributed by atoms with E-state index in [9.17, 15) is 4.79 Å². The maximum absolute atomic E-state index is 11.3. The third-order valence-corrected chi connectivity index (χ3v) is 4.97. The van der Waals surface area contributed by atoms with Crippen LogP contribution in [-0.2, 0) is 6.54 Å². The van der Waals surface area contributed by atoms with E-state index in [1.807, 2.05) is 12.3 Å². The van der Waals surface area contributed by atoms with Gasteiger partial charge in [-0.25, -0.2) is 15.4 Å². The lowest BCUT2D eigenvalue weighted by molar-refractivity contribution is 0.0116. The standard InChI is InChI=1S/C17H20N6O2/c24-15(21-25)14-7-19-16(20-8-14)23-5-3-17(12-23)10-22(11-17)9-13-2-1-4-18-6-13/h1-2,4,6-8,25H,3,5,9-12H2,(H,21,24). The molecular weight excluding hydrogens is 320 g/mol. The average molecular weight is 340 g/mol. The lowest BCUT2D eigenvalue weighted by Crippen LogP contribution is -2.56. The van der Waals surface area contributed by atoms with Crippen LogP contribution in [0.3, 0.4) is 0 Å². The summed E-state index contributed by atoms with van der Waals surface area (Å²) in [4.78, 5) is 28.6. The molecule has 0 bridgehead atoms. The molecule has 0 saturated carbocycles. The Morgan fingerprint density at radius 3 is 2.72 bits per heavy atom. The molecule has 2 N–H and O–H groups in total. The summed E-state index contributed by atoms with van der Waals surface area (Å²) in [5, 5.41) is 8.63. The Bertz CT molecular complexity index is 745. The van der Waals surface area contributed by atoms with Crippen molar-refractivity contribution in [1.82, 2.24) is 25.3 Å². The number of likely N-dealkylation sites (tertiary alicyclic amines) is 1. The van der Waals surface area contributed by atoms with Gasteiger partial charge in [-0.15, -0.1) is 0 Å². The minimum absolute atomic E-state index is 0.242. The fourth-order valence-electron chi connectivity index (χ4n) is 3.79. The van der Waals surface area contributed by atoms with Crippen LogP contribution < -0.4 is 10.4 Å². The second-order valence-electron chi connectivity index (χ2n) is 6.89. The molecule has 0 atom stereocenters. The van der Waals surface area contributed by atoms with Gasteiger partial charge in [0.25, 0.3) is 5.91 Å². The van der Waals surface area contributed by atoms with E-state index in [2.05, 4.69) is 30.8 Å². The van der Waals surface area contributed by atoms with Gasteiger partial charge in [0.2, 0.25) is 5.95 Å². The molecule has 2 aromatic rings. The molecule has 0 unspecified atom stereocenters. The molecule has 4 heterocycles. The summed E-state index contributed by atoms with van der Waals surface area (Å²) in [5.74, 6) is 0.0338. The fourth-order valence-corrected chi connectivity index (χ4v) is 3.79. The molecule has 8 nitrogen and oxygen atoms in total. The first-order valence-corrected chi connectivity index (χ1v) is 8.30. The summed E-state index contributed by atoms with van der Waals surface area (Å²) in [6.07, 6.45) is 7.72. The second-order valence-corrected chi connectivity index (χ2v) is 6.89. The Hall–Kier alpha value is -2.58. The number of amides is 1. The predicted octanol–water partition coefficient (Wildman–Crippen LogP) is 0.703. The van der Waals surface area contributed by atoms with Crippen molar-refractivity contribution in [2.45, 2.75) is 13.0 Å². The third kappa shape index (κ3) is 3.18. The maximum atomic E-state index is 11.3. The molecule has 2 aliphatic rings. The molecular formula is C17H20N6O2. The van der Waals surface area contributed by atoms with Crippen LogP contribution >= 0.6 is 0 Å². The summed E-state index contributed by atoms with van der Waals surface area (Å²) in [7, 11) is 0. The minimum Gasteiger partial charge on any atom is -0.340 e. The highest BCUT2D eigenvalue weighted by molar-refractivity contribution is 5.92. The van der Waals surface area contributed by atoms with Crippen molar-refractivity contribution < 1.29 is 10.0 Å². The number of hydroxylamine groups is 1. The third-order valence-electron chi connectivity index (χ3n) is 4.97. The van der Waals surface area contributed by atoms with Gasteiger partial charge in [-0.05, 0) is 18.1 Å². The molecule has 25 heavy (non-hydrogen) atoms. The monoisotopic (exact) mass is 340 g/mol. The first-order valence-electron chi connectivity index (χ1n) is 8.30. The van der Waals surface area contributed by atoms with Crippen LogP contribution in [-0.4, -0.2) is 57.1 Å². The van der Waals surface area contributed by atoms with Gasteiger partial charge < -0.3 is 4.90 Å². The van der Waals surface area contributed by atoms with Gasteiger partial charge in [-0.3, -0.25) is 19.9 Å². The van der Waals surface area contributed by atoms with E-state index in [-0.39, 0.29) is 5.56 Å². The molecule has 130 valence electrons. The molecule has 0 aliphatic carbocycles. The second kappa shape index (κ2) is 6.38. The van der Waals surface area contributed by atoms with Crippen LogP contribution in [0.4, 0.5) is 5.95 Å². The van der Waals surface area contributed by atoms with E-state index >= 15 is 0 Å². The Balaban J connectivity index is 1.34. The molecule has 8 heteroatoms. The molecule has 2 fully saturated rings. The number of hydrogen-bond acceptors (Lipinski definition) is 7. The SMILES string of the molecule is O=C(NO)c1cnc(N2CCC3(CN(Cc4cccnc4)C3)C2)nc1. The topological polar surface area (TPSA) is 94.5 Å². The summed E-state index contributed by atoms with van der Waals surface area (Å²) in [5.41, 5.74) is 3.38. The van der Waals surface area contributed by atoms with Crippen LogP contribution in [0.5, 0.6) is 0 Å². The zero-order valence-electron chi connectivity index (χ0n) is 13.8. The quantitative estimate of drug-likeness (QED) is 0.625. The van der Waals surface area contributed by atoms with Crippen molar-refractivity contribution in [3.05, 3.63) is 48.0 Å². The molecule has 4 rings (SSSR count). The highest BCUT2D eigenvalue weighted by Gasteiger charge is 2.47. The first kappa shape index (κ1) is 15.9. The van der Waals surface area contributed by atoms with E-state index in [1.54, 1.807) is 11.7 Å². The van der Waals surface area contributed by atoms with Crippen molar-refractivity contribution in [1.29, 1.82) is 0 Å². The summed E-state index contributed by atoms with van der Waals surface area (Å²) in [6, 6.07) is 4.08. The number of nitrogens with one attached hydrogen (secondary N) is 1. The molecule has 2 aromatic heterocycles. The van der Waals surface area contributed by atoms with Gasteiger partial charge in [0.15, 0.2) is 0 Å². The van der Waals surface area contributed by atoms with Crippen molar-refractivity contribution in [2.24, 2.45) is 5.41 Å².